The number of aromatic nitrogens is 1. The minimum Gasteiger partial charge on any atom is -0.409 e. The standard InChI is InChI=1S/C9H13N3O2/c1-7(5-10)12-9(13)14-8-3-2-4-11-6-8/h2-4,6-7H,5,10H2,1H3,(H,12,13). The van der Waals surface area contributed by atoms with Crippen molar-refractivity contribution in [1.82, 2.24) is 10.3 Å². The Hall–Kier alpha value is -1.62. The van der Waals surface area contributed by atoms with E-state index >= 15 is 0 Å². The molecule has 5 heteroatoms. The van der Waals surface area contributed by atoms with E-state index in [1.54, 1.807) is 25.3 Å². The summed E-state index contributed by atoms with van der Waals surface area (Å²) in [5.74, 6) is 0.411. The molecule has 0 saturated carbocycles. The summed E-state index contributed by atoms with van der Waals surface area (Å²) < 4.78 is 4.92. The van der Waals surface area contributed by atoms with Gasteiger partial charge in [0.2, 0.25) is 0 Å². The number of hydrogen-bond donors (Lipinski definition) is 2. The molecule has 1 atom stereocenters. The molecule has 1 aromatic rings. The van der Waals surface area contributed by atoms with Crippen LogP contribution in [0.5, 0.6) is 5.75 Å². The number of hydrogen-bond acceptors (Lipinski definition) is 4. The lowest BCUT2D eigenvalue weighted by Crippen LogP contribution is -2.39. The number of rotatable bonds is 3. The third-order valence-corrected chi connectivity index (χ3v) is 1.56. The van der Waals surface area contributed by atoms with Gasteiger partial charge in [-0.2, -0.15) is 0 Å². The largest absolute Gasteiger partial charge is 0.412 e. The lowest BCUT2D eigenvalue weighted by molar-refractivity contribution is 0.197. The highest BCUT2D eigenvalue weighted by molar-refractivity contribution is 5.70. The van der Waals surface area contributed by atoms with Crippen molar-refractivity contribution >= 4 is 6.09 Å². The second-order valence-electron chi connectivity index (χ2n) is 2.86. The maximum Gasteiger partial charge on any atom is 0.412 e. The number of carbonyl (C=O) groups excluding carboxylic acids is 1. The van der Waals surface area contributed by atoms with Gasteiger partial charge in [-0.25, -0.2) is 4.79 Å². The summed E-state index contributed by atoms with van der Waals surface area (Å²) >= 11 is 0. The third kappa shape index (κ3) is 3.40. The van der Waals surface area contributed by atoms with Crippen LogP contribution < -0.4 is 15.8 Å². The maximum absolute atomic E-state index is 11.2. The molecule has 3 N–H and O–H groups in total. The molecule has 0 aliphatic rings. The molecule has 0 aliphatic carbocycles. The van der Waals surface area contributed by atoms with E-state index < -0.39 is 6.09 Å². The van der Waals surface area contributed by atoms with E-state index in [1.807, 2.05) is 0 Å². The maximum atomic E-state index is 11.2. The number of pyridine rings is 1. The van der Waals surface area contributed by atoms with Crippen molar-refractivity contribution in [3.63, 3.8) is 0 Å². The number of nitrogens with two attached hydrogens (primary N) is 1. The molecule has 14 heavy (non-hydrogen) atoms. The molecule has 1 aromatic heterocycles. The number of nitrogens with one attached hydrogen (secondary N) is 1. The van der Waals surface area contributed by atoms with Crippen molar-refractivity contribution in [2.24, 2.45) is 5.73 Å². The molecule has 1 amide bonds. The molecule has 5 nitrogen and oxygen atoms in total. The summed E-state index contributed by atoms with van der Waals surface area (Å²) in [6, 6.07) is 3.24. The Balaban J connectivity index is 2.42. The van der Waals surface area contributed by atoms with Crippen LogP contribution in [0.2, 0.25) is 0 Å². The predicted octanol–water partition coefficient (Wildman–Crippen LogP) is 0.517. The van der Waals surface area contributed by atoms with Crippen LogP contribution in [0.15, 0.2) is 24.5 Å². The Morgan fingerprint density at radius 1 is 1.79 bits per heavy atom. The Kier molecular flexibility index (Phi) is 3.87. The SMILES string of the molecule is CC(CN)NC(=O)Oc1cccnc1. The molecule has 1 rings (SSSR count). The zero-order chi connectivity index (χ0) is 10.4. The van der Waals surface area contributed by atoms with E-state index in [1.165, 1.54) is 6.20 Å². The van der Waals surface area contributed by atoms with Gasteiger partial charge in [0.05, 0.1) is 6.20 Å². The molecule has 0 bridgehead atoms. The fourth-order valence-electron chi connectivity index (χ4n) is 0.804. The van der Waals surface area contributed by atoms with Crippen LogP contribution >= 0.6 is 0 Å². The first kappa shape index (κ1) is 10.5. The topological polar surface area (TPSA) is 77.2 Å². The fraction of sp³-hybridized carbons (Fsp3) is 0.333. The van der Waals surface area contributed by atoms with E-state index in [0.717, 1.165) is 0 Å². The molecule has 0 aliphatic heterocycles. The second kappa shape index (κ2) is 5.18. The van der Waals surface area contributed by atoms with Gasteiger partial charge in [-0.15, -0.1) is 0 Å². The van der Waals surface area contributed by atoms with Gasteiger partial charge in [0.1, 0.15) is 0 Å². The normalized spacial score (nSPS) is 11.9. The highest BCUT2D eigenvalue weighted by atomic mass is 16.6. The highest BCUT2D eigenvalue weighted by Gasteiger charge is 2.06. The van der Waals surface area contributed by atoms with E-state index in [2.05, 4.69) is 10.3 Å². The van der Waals surface area contributed by atoms with Crippen molar-refractivity contribution in [2.45, 2.75) is 13.0 Å². The van der Waals surface area contributed by atoms with Crippen LogP contribution in [0, 0.1) is 0 Å². The summed E-state index contributed by atoms with van der Waals surface area (Å²) in [4.78, 5) is 15.0. The summed E-state index contributed by atoms with van der Waals surface area (Å²) in [5.41, 5.74) is 5.33. The smallest absolute Gasteiger partial charge is 0.409 e. The summed E-state index contributed by atoms with van der Waals surface area (Å²) in [7, 11) is 0. The molecule has 1 heterocycles. The predicted molar refractivity (Wildman–Crippen MR) is 51.9 cm³/mol. The van der Waals surface area contributed by atoms with E-state index in [0.29, 0.717) is 12.3 Å². The minimum absolute atomic E-state index is 0.0980. The lowest BCUT2D eigenvalue weighted by Gasteiger charge is -2.10. The molecule has 0 fully saturated rings. The quantitative estimate of drug-likeness (QED) is 0.737. The number of amides is 1. The van der Waals surface area contributed by atoms with Crippen LogP contribution in [-0.2, 0) is 0 Å². The van der Waals surface area contributed by atoms with E-state index in [4.69, 9.17) is 10.5 Å². The first-order valence-corrected chi connectivity index (χ1v) is 4.31. The average Bonchev–Trinajstić information content (AvgIpc) is 2.19. The molecule has 0 radical (unpaired) electrons. The fourth-order valence-corrected chi connectivity index (χ4v) is 0.804. The van der Waals surface area contributed by atoms with Crippen molar-refractivity contribution < 1.29 is 9.53 Å². The third-order valence-electron chi connectivity index (χ3n) is 1.56. The van der Waals surface area contributed by atoms with Gasteiger partial charge in [0, 0.05) is 18.8 Å². The molecule has 0 spiro atoms. The lowest BCUT2D eigenvalue weighted by atomic mass is 10.3. The summed E-state index contributed by atoms with van der Waals surface area (Å²) in [6.07, 6.45) is 2.55. The van der Waals surface area contributed by atoms with Crippen LogP contribution in [0.3, 0.4) is 0 Å². The van der Waals surface area contributed by atoms with Crippen LogP contribution in [-0.4, -0.2) is 23.7 Å². The minimum atomic E-state index is -0.518. The highest BCUT2D eigenvalue weighted by Crippen LogP contribution is 2.05. The summed E-state index contributed by atoms with van der Waals surface area (Å²) in [5, 5.41) is 2.56. The van der Waals surface area contributed by atoms with Gasteiger partial charge in [-0.3, -0.25) is 4.98 Å². The van der Waals surface area contributed by atoms with Gasteiger partial charge in [0.15, 0.2) is 5.75 Å². The van der Waals surface area contributed by atoms with Gasteiger partial charge in [-0.1, -0.05) is 0 Å². The number of nitrogens with zero attached hydrogens (tertiary/aromatic N) is 1. The zero-order valence-corrected chi connectivity index (χ0v) is 7.93. The molecule has 76 valence electrons. The number of ether oxygens (including phenoxy) is 1. The Morgan fingerprint density at radius 3 is 3.14 bits per heavy atom. The summed E-state index contributed by atoms with van der Waals surface area (Å²) in [6.45, 7) is 2.17. The van der Waals surface area contributed by atoms with Gasteiger partial charge in [0.25, 0.3) is 0 Å². The van der Waals surface area contributed by atoms with Crippen LogP contribution in [0.25, 0.3) is 0 Å². The first-order chi connectivity index (χ1) is 6.72. The van der Waals surface area contributed by atoms with Crippen molar-refractivity contribution in [3.8, 4) is 5.75 Å². The van der Waals surface area contributed by atoms with Crippen molar-refractivity contribution in [3.05, 3.63) is 24.5 Å². The van der Waals surface area contributed by atoms with E-state index in [-0.39, 0.29) is 6.04 Å². The zero-order valence-electron chi connectivity index (χ0n) is 7.93. The van der Waals surface area contributed by atoms with Crippen LogP contribution in [0.1, 0.15) is 6.92 Å². The number of carbonyl (C=O) groups is 1. The molecule has 0 saturated heterocycles. The van der Waals surface area contributed by atoms with Crippen molar-refractivity contribution in [1.29, 1.82) is 0 Å². The average molecular weight is 195 g/mol. The van der Waals surface area contributed by atoms with Gasteiger partial charge >= 0.3 is 6.09 Å². The van der Waals surface area contributed by atoms with Gasteiger partial charge < -0.3 is 15.8 Å². The monoisotopic (exact) mass is 195 g/mol. The second-order valence-corrected chi connectivity index (χ2v) is 2.86. The van der Waals surface area contributed by atoms with Crippen LogP contribution in [0.4, 0.5) is 4.79 Å². The van der Waals surface area contributed by atoms with E-state index in [9.17, 15) is 4.79 Å². The van der Waals surface area contributed by atoms with Gasteiger partial charge in [-0.05, 0) is 19.1 Å². The molecule has 0 aromatic carbocycles. The molecular weight excluding hydrogens is 182 g/mol. The Bertz CT molecular complexity index is 289. The Morgan fingerprint density at radius 2 is 2.57 bits per heavy atom. The molecular formula is C9H13N3O2. The molecule has 1 unspecified atom stereocenters. The Labute approximate surface area is 82.3 Å². The van der Waals surface area contributed by atoms with Crippen molar-refractivity contribution in [2.75, 3.05) is 6.54 Å². The first-order valence-electron chi connectivity index (χ1n) is 4.31.